The molecule has 1 aromatic rings. The summed E-state index contributed by atoms with van der Waals surface area (Å²) in [6, 6.07) is 6.65. The molecule has 0 bridgehead atoms. The fraction of sp³-hybridized carbons (Fsp3) is 0.533. The molecule has 0 aromatic heterocycles. The third-order valence-electron chi connectivity index (χ3n) is 2.71. The van der Waals surface area contributed by atoms with E-state index >= 15 is 0 Å². The summed E-state index contributed by atoms with van der Waals surface area (Å²) in [6.07, 6.45) is 0.739. The molecule has 1 atom stereocenters. The molecule has 0 saturated heterocycles. The predicted octanol–water partition coefficient (Wildman–Crippen LogP) is 2.61. The van der Waals surface area contributed by atoms with Crippen molar-refractivity contribution >= 4 is 11.7 Å². The van der Waals surface area contributed by atoms with E-state index in [1.54, 1.807) is 12.1 Å². The van der Waals surface area contributed by atoms with E-state index in [1.807, 2.05) is 32.9 Å². The molecule has 0 fully saturated rings. The quantitative estimate of drug-likeness (QED) is 0.719. The number of carbonyl (C=O) groups excluding carboxylic acids is 1. The van der Waals surface area contributed by atoms with Crippen molar-refractivity contribution in [2.45, 2.75) is 33.2 Å². The third-order valence-corrected chi connectivity index (χ3v) is 2.71. The first-order valence-electron chi connectivity index (χ1n) is 6.96. The van der Waals surface area contributed by atoms with E-state index < -0.39 is 0 Å². The van der Waals surface area contributed by atoms with E-state index in [9.17, 15) is 9.90 Å². The second-order valence-electron chi connectivity index (χ2n) is 5.07. The molecule has 112 valence electrons. The molecule has 0 aliphatic heterocycles. The van der Waals surface area contributed by atoms with Crippen LogP contribution in [0.15, 0.2) is 24.3 Å². The number of rotatable bonds is 7. The van der Waals surface area contributed by atoms with Gasteiger partial charge in [0, 0.05) is 11.8 Å². The lowest BCUT2D eigenvalue weighted by Crippen LogP contribution is -2.40. The van der Waals surface area contributed by atoms with Crippen molar-refractivity contribution in [1.82, 2.24) is 5.32 Å². The van der Waals surface area contributed by atoms with E-state index in [-0.39, 0.29) is 18.7 Å². The highest BCUT2D eigenvalue weighted by atomic mass is 16.5. The highest BCUT2D eigenvalue weighted by Gasteiger charge is 2.13. The largest absolute Gasteiger partial charge is 0.494 e. The number of aliphatic hydroxyl groups excluding tert-OH is 1. The van der Waals surface area contributed by atoms with Crippen molar-refractivity contribution in [2.24, 2.45) is 5.92 Å². The Morgan fingerprint density at radius 3 is 2.75 bits per heavy atom. The van der Waals surface area contributed by atoms with Crippen LogP contribution in [0.4, 0.5) is 10.5 Å². The van der Waals surface area contributed by atoms with Crippen molar-refractivity contribution in [2.75, 3.05) is 18.5 Å². The van der Waals surface area contributed by atoms with Gasteiger partial charge in [-0.15, -0.1) is 0 Å². The number of anilines is 1. The van der Waals surface area contributed by atoms with Gasteiger partial charge < -0.3 is 20.5 Å². The highest BCUT2D eigenvalue weighted by molar-refractivity contribution is 5.89. The van der Waals surface area contributed by atoms with Gasteiger partial charge >= 0.3 is 6.03 Å². The molecule has 0 aliphatic rings. The number of amides is 2. The molecular formula is C15H24N2O3. The summed E-state index contributed by atoms with van der Waals surface area (Å²) in [4.78, 5) is 11.9. The number of benzene rings is 1. The second-order valence-corrected chi connectivity index (χ2v) is 5.07. The van der Waals surface area contributed by atoms with E-state index in [0.717, 1.165) is 6.42 Å². The Hall–Kier alpha value is -1.75. The number of nitrogens with one attached hydrogen (secondary N) is 2. The maximum atomic E-state index is 11.9. The molecule has 1 unspecified atom stereocenters. The first-order valence-corrected chi connectivity index (χ1v) is 6.96. The Morgan fingerprint density at radius 1 is 1.40 bits per heavy atom. The zero-order valence-electron chi connectivity index (χ0n) is 12.3. The van der Waals surface area contributed by atoms with E-state index in [1.165, 1.54) is 0 Å². The molecule has 0 saturated carbocycles. The van der Waals surface area contributed by atoms with Gasteiger partial charge in [-0.25, -0.2) is 4.79 Å². The first-order chi connectivity index (χ1) is 9.55. The zero-order chi connectivity index (χ0) is 15.0. The number of ether oxygens (including phenoxy) is 1. The summed E-state index contributed by atoms with van der Waals surface area (Å²) in [7, 11) is 0. The van der Waals surface area contributed by atoms with E-state index in [2.05, 4.69) is 10.6 Å². The van der Waals surface area contributed by atoms with Crippen molar-refractivity contribution in [3.05, 3.63) is 24.3 Å². The van der Waals surface area contributed by atoms with E-state index in [0.29, 0.717) is 24.0 Å². The Labute approximate surface area is 120 Å². The van der Waals surface area contributed by atoms with Crippen molar-refractivity contribution < 1.29 is 14.6 Å². The van der Waals surface area contributed by atoms with Crippen LogP contribution in [-0.4, -0.2) is 30.4 Å². The standard InChI is InChI=1S/C15H24N2O3/c1-4-20-14-7-5-6-12(9-14)16-15(19)17-13(10-18)8-11(2)3/h5-7,9,11,13,18H,4,8,10H2,1-3H3,(H2,16,17,19). The van der Waals surface area contributed by atoms with Crippen molar-refractivity contribution in [1.29, 1.82) is 0 Å². The molecule has 5 heteroatoms. The molecular weight excluding hydrogens is 256 g/mol. The number of carbonyl (C=O) groups is 1. The first kappa shape index (κ1) is 16.3. The molecule has 0 spiro atoms. The van der Waals surface area contributed by atoms with Crippen LogP contribution < -0.4 is 15.4 Å². The zero-order valence-corrected chi connectivity index (χ0v) is 12.3. The van der Waals surface area contributed by atoms with Gasteiger partial charge in [-0.3, -0.25) is 0 Å². The molecule has 0 heterocycles. The van der Waals surface area contributed by atoms with Crippen LogP contribution >= 0.6 is 0 Å². The van der Waals surface area contributed by atoms with Gasteiger partial charge in [0.2, 0.25) is 0 Å². The van der Waals surface area contributed by atoms with Crippen LogP contribution in [-0.2, 0) is 0 Å². The lowest BCUT2D eigenvalue weighted by molar-refractivity contribution is 0.214. The molecule has 5 nitrogen and oxygen atoms in total. The summed E-state index contributed by atoms with van der Waals surface area (Å²) in [5.74, 6) is 1.12. The van der Waals surface area contributed by atoms with Gasteiger partial charge in [0.15, 0.2) is 0 Å². The summed E-state index contributed by atoms with van der Waals surface area (Å²) in [5, 5.41) is 14.7. The molecule has 0 radical (unpaired) electrons. The van der Waals surface area contributed by atoms with Gasteiger partial charge in [-0.05, 0) is 31.4 Å². The topological polar surface area (TPSA) is 70.6 Å². The SMILES string of the molecule is CCOc1cccc(NC(=O)NC(CO)CC(C)C)c1. The molecule has 2 amide bonds. The van der Waals surface area contributed by atoms with Crippen LogP contribution in [0.5, 0.6) is 5.75 Å². The molecule has 1 aromatic carbocycles. The van der Waals surface area contributed by atoms with Crippen LogP contribution in [0, 0.1) is 5.92 Å². The average Bonchev–Trinajstić information content (AvgIpc) is 2.38. The van der Waals surface area contributed by atoms with Crippen molar-refractivity contribution in [3.63, 3.8) is 0 Å². The minimum absolute atomic E-state index is 0.0649. The van der Waals surface area contributed by atoms with Crippen LogP contribution in [0.2, 0.25) is 0 Å². The molecule has 20 heavy (non-hydrogen) atoms. The van der Waals surface area contributed by atoms with Crippen LogP contribution in [0.25, 0.3) is 0 Å². The summed E-state index contributed by atoms with van der Waals surface area (Å²) in [6.45, 7) is 6.52. The predicted molar refractivity (Wildman–Crippen MR) is 80.1 cm³/mol. The monoisotopic (exact) mass is 280 g/mol. The number of aliphatic hydroxyl groups is 1. The molecule has 0 aliphatic carbocycles. The molecule has 1 rings (SSSR count). The van der Waals surface area contributed by atoms with Crippen LogP contribution in [0.3, 0.4) is 0 Å². The van der Waals surface area contributed by atoms with Gasteiger partial charge in [-0.1, -0.05) is 19.9 Å². The average molecular weight is 280 g/mol. The minimum atomic E-state index is -0.321. The Kier molecular flexibility index (Phi) is 6.87. The Morgan fingerprint density at radius 2 is 2.15 bits per heavy atom. The number of hydrogen-bond donors (Lipinski definition) is 3. The van der Waals surface area contributed by atoms with Crippen molar-refractivity contribution in [3.8, 4) is 5.75 Å². The highest BCUT2D eigenvalue weighted by Crippen LogP contribution is 2.17. The van der Waals surface area contributed by atoms with Gasteiger partial charge in [0.1, 0.15) is 5.75 Å². The fourth-order valence-corrected chi connectivity index (χ4v) is 1.93. The lowest BCUT2D eigenvalue weighted by atomic mass is 10.0. The van der Waals surface area contributed by atoms with E-state index in [4.69, 9.17) is 4.74 Å². The normalized spacial score (nSPS) is 12.1. The smallest absolute Gasteiger partial charge is 0.319 e. The summed E-state index contributed by atoms with van der Waals surface area (Å²) in [5.41, 5.74) is 0.662. The summed E-state index contributed by atoms with van der Waals surface area (Å²) < 4.78 is 5.37. The second kappa shape index (κ2) is 8.43. The Balaban J connectivity index is 2.54. The maximum Gasteiger partial charge on any atom is 0.319 e. The summed E-state index contributed by atoms with van der Waals surface area (Å²) >= 11 is 0. The number of hydrogen-bond acceptors (Lipinski definition) is 3. The van der Waals surface area contributed by atoms with Crippen LogP contribution in [0.1, 0.15) is 27.2 Å². The van der Waals surface area contributed by atoms with Gasteiger partial charge in [0.05, 0.1) is 19.3 Å². The number of urea groups is 1. The minimum Gasteiger partial charge on any atom is -0.494 e. The third kappa shape index (κ3) is 5.93. The van der Waals surface area contributed by atoms with Gasteiger partial charge in [-0.2, -0.15) is 0 Å². The fourth-order valence-electron chi connectivity index (χ4n) is 1.93. The van der Waals surface area contributed by atoms with Gasteiger partial charge in [0.25, 0.3) is 0 Å². The molecule has 3 N–H and O–H groups in total. The Bertz CT molecular complexity index is 421. The lowest BCUT2D eigenvalue weighted by Gasteiger charge is -2.18. The maximum absolute atomic E-state index is 11.9.